The summed E-state index contributed by atoms with van der Waals surface area (Å²) in [5.41, 5.74) is -0.200. The van der Waals surface area contributed by atoms with Gasteiger partial charge >= 0.3 is 0 Å². The van der Waals surface area contributed by atoms with Gasteiger partial charge in [-0.3, -0.25) is 0 Å². The minimum Gasteiger partial charge on any atom is -0.474 e. The molecule has 0 saturated carbocycles. The van der Waals surface area contributed by atoms with Crippen molar-refractivity contribution in [2.45, 2.75) is 32.5 Å². The van der Waals surface area contributed by atoms with Crippen molar-refractivity contribution in [1.29, 1.82) is 0 Å². The Balaban J connectivity index is 2.21. The average molecular weight is 228 g/mol. The van der Waals surface area contributed by atoms with Gasteiger partial charge in [0.05, 0.1) is 12.7 Å². The van der Waals surface area contributed by atoms with Gasteiger partial charge in [-0.2, -0.15) is 0 Å². The van der Waals surface area contributed by atoms with Crippen molar-refractivity contribution in [2.75, 3.05) is 33.3 Å². The fourth-order valence-electron chi connectivity index (χ4n) is 1.62. The lowest BCUT2D eigenvalue weighted by molar-refractivity contribution is -0.0231. The van der Waals surface area contributed by atoms with Gasteiger partial charge in [-0.1, -0.05) is 0 Å². The Kier molecular flexibility index (Phi) is 4.62. The minimum atomic E-state index is -0.200. The molecular formula is C12H24N2O2. The van der Waals surface area contributed by atoms with E-state index in [9.17, 15) is 0 Å². The summed E-state index contributed by atoms with van der Waals surface area (Å²) in [6.45, 7) is 13.4. The van der Waals surface area contributed by atoms with Gasteiger partial charge in [-0.05, 0) is 34.4 Å². The first-order valence-corrected chi connectivity index (χ1v) is 5.79. The Morgan fingerprint density at radius 1 is 1.56 bits per heavy atom. The predicted molar refractivity (Wildman–Crippen MR) is 65.2 cm³/mol. The van der Waals surface area contributed by atoms with Crippen LogP contribution in [0, 0.1) is 0 Å². The molecule has 0 radical (unpaired) electrons. The van der Waals surface area contributed by atoms with E-state index in [1.807, 2.05) is 20.8 Å². The van der Waals surface area contributed by atoms with E-state index in [0.29, 0.717) is 5.88 Å². The summed E-state index contributed by atoms with van der Waals surface area (Å²) >= 11 is 0. The van der Waals surface area contributed by atoms with Gasteiger partial charge in [0.25, 0.3) is 0 Å². The predicted octanol–water partition coefficient (Wildman–Crippen LogP) is 1.19. The van der Waals surface area contributed by atoms with Gasteiger partial charge in [0.15, 0.2) is 5.88 Å². The van der Waals surface area contributed by atoms with Crippen LogP contribution in [0.4, 0.5) is 0 Å². The molecule has 4 heteroatoms. The number of rotatable bonds is 4. The molecule has 1 saturated heterocycles. The lowest BCUT2D eigenvalue weighted by Crippen LogP contribution is -2.45. The Bertz CT molecular complexity index is 236. The summed E-state index contributed by atoms with van der Waals surface area (Å²) in [5, 5.41) is 3.16. The van der Waals surface area contributed by atoms with E-state index in [-0.39, 0.29) is 11.7 Å². The summed E-state index contributed by atoms with van der Waals surface area (Å²) in [4.78, 5) is 2.27. The van der Waals surface area contributed by atoms with Crippen LogP contribution in [0.15, 0.2) is 12.5 Å². The van der Waals surface area contributed by atoms with Crippen LogP contribution in [0.3, 0.4) is 0 Å². The van der Waals surface area contributed by atoms with E-state index in [0.717, 1.165) is 26.2 Å². The molecule has 0 bridgehead atoms. The molecule has 1 unspecified atom stereocenters. The molecule has 1 atom stereocenters. The number of ether oxygens (including phenoxy) is 2. The van der Waals surface area contributed by atoms with E-state index in [2.05, 4.69) is 23.8 Å². The van der Waals surface area contributed by atoms with Crippen molar-refractivity contribution in [3.05, 3.63) is 12.5 Å². The number of morpholine rings is 1. The summed E-state index contributed by atoms with van der Waals surface area (Å²) in [6, 6.07) is 0. The molecule has 16 heavy (non-hydrogen) atoms. The highest BCUT2D eigenvalue weighted by atomic mass is 16.5. The highest BCUT2D eigenvalue weighted by molar-refractivity contribution is 4.85. The summed E-state index contributed by atoms with van der Waals surface area (Å²) < 4.78 is 11.2. The second-order valence-corrected chi connectivity index (χ2v) is 5.27. The third-order valence-corrected chi connectivity index (χ3v) is 2.30. The average Bonchev–Trinajstić information content (AvgIpc) is 2.12. The zero-order chi connectivity index (χ0) is 12.2. The van der Waals surface area contributed by atoms with Crippen molar-refractivity contribution < 1.29 is 9.47 Å². The summed E-state index contributed by atoms with van der Waals surface area (Å²) in [6.07, 6.45) is 0.221. The molecule has 0 aromatic heterocycles. The van der Waals surface area contributed by atoms with Crippen LogP contribution in [0.1, 0.15) is 20.8 Å². The molecule has 0 amide bonds. The van der Waals surface area contributed by atoms with Crippen molar-refractivity contribution >= 4 is 0 Å². The molecule has 94 valence electrons. The molecule has 1 heterocycles. The minimum absolute atomic E-state index is 0.200. The Labute approximate surface area is 98.6 Å². The van der Waals surface area contributed by atoms with Gasteiger partial charge in [-0.15, -0.1) is 0 Å². The molecule has 4 nitrogen and oxygen atoms in total. The first-order chi connectivity index (χ1) is 7.37. The van der Waals surface area contributed by atoms with Crippen LogP contribution >= 0.6 is 0 Å². The van der Waals surface area contributed by atoms with Crippen molar-refractivity contribution in [1.82, 2.24) is 10.2 Å². The zero-order valence-electron chi connectivity index (χ0n) is 10.9. The largest absolute Gasteiger partial charge is 0.474 e. The molecule has 0 aromatic rings. The zero-order valence-corrected chi connectivity index (χ0v) is 10.9. The number of nitrogens with one attached hydrogen (secondary N) is 1. The lowest BCUT2D eigenvalue weighted by Gasteiger charge is -2.31. The van der Waals surface area contributed by atoms with Crippen molar-refractivity contribution in [3.63, 3.8) is 0 Å². The molecule has 1 fully saturated rings. The number of hydrogen-bond donors (Lipinski definition) is 1. The van der Waals surface area contributed by atoms with Crippen LogP contribution in [-0.2, 0) is 9.47 Å². The topological polar surface area (TPSA) is 33.7 Å². The van der Waals surface area contributed by atoms with E-state index < -0.39 is 0 Å². The highest BCUT2D eigenvalue weighted by Crippen LogP contribution is 2.10. The second-order valence-electron chi connectivity index (χ2n) is 5.27. The van der Waals surface area contributed by atoms with Gasteiger partial charge in [0.1, 0.15) is 5.60 Å². The van der Waals surface area contributed by atoms with Crippen LogP contribution in [-0.4, -0.2) is 49.9 Å². The van der Waals surface area contributed by atoms with Gasteiger partial charge in [0, 0.05) is 19.6 Å². The Morgan fingerprint density at radius 3 is 2.81 bits per heavy atom. The molecule has 0 aromatic carbocycles. The van der Waals surface area contributed by atoms with Gasteiger partial charge in [0.2, 0.25) is 0 Å². The highest BCUT2D eigenvalue weighted by Gasteiger charge is 2.18. The second kappa shape index (κ2) is 5.55. The molecule has 1 aliphatic rings. The standard InChI is InChI=1S/C12H24N2O2/c1-10(16-12(2,3)4)13-8-11-9-14(5)6-7-15-11/h11,13H,1,6-9H2,2-5H3. The fraction of sp³-hybridized carbons (Fsp3) is 0.833. The van der Waals surface area contributed by atoms with E-state index in [1.54, 1.807) is 0 Å². The SMILES string of the molecule is C=C(NCC1CN(C)CCO1)OC(C)(C)C. The van der Waals surface area contributed by atoms with Crippen LogP contribution in [0.2, 0.25) is 0 Å². The Morgan fingerprint density at radius 2 is 2.25 bits per heavy atom. The first-order valence-electron chi connectivity index (χ1n) is 5.79. The van der Waals surface area contributed by atoms with Gasteiger partial charge < -0.3 is 19.7 Å². The smallest absolute Gasteiger partial charge is 0.179 e. The van der Waals surface area contributed by atoms with E-state index >= 15 is 0 Å². The van der Waals surface area contributed by atoms with E-state index in [1.165, 1.54) is 0 Å². The van der Waals surface area contributed by atoms with Gasteiger partial charge in [-0.25, -0.2) is 0 Å². The number of hydrogen-bond acceptors (Lipinski definition) is 4. The lowest BCUT2D eigenvalue weighted by atomic mass is 10.2. The van der Waals surface area contributed by atoms with Crippen LogP contribution < -0.4 is 5.32 Å². The number of likely N-dealkylation sites (N-methyl/N-ethyl adjacent to an activating group) is 1. The molecule has 1 rings (SSSR count). The van der Waals surface area contributed by atoms with Crippen molar-refractivity contribution in [3.8, 4) is 0 Å². The molecule has 0 spiro atoms. The molecule has 1 N–H and O–H groups in total. The fourth-order valence-corrected chi connectivity index (χ4v) is 1.62. The maximum atomic E-state index is 5.63. The molecule has 1 aliphatic heterocycles. The maximum Gasteiger partial charge on any atom is 0.179 e. The maximum absolute atomic E-state index is 5.63. The third-order valence-electron chi connectivity index (χ3n) is 2.30. The first kappa shape index (κ1) is 13.3. The van der Waals surface area contributed by atoms with E-state index in [4.69, 9.17) is 9.47 Å². The van der Waals surface area contributed by atoms with Crippen LogP contribution in [0.5, 0.6) is 0 Å². The summed E-state index contributed by atoms with van der Waals surface area (Å²) in [5.74, 6) is 0.615. The third kappa shape index (κ3) is 5.37. The summed E-state index contributed by atoms with van der Waals surface area (Å²) in [7, 11) is 2.11. The normalized spacial score (nSPS) is 22.9. The molecule has 0 aliphatic carbocycles. The molecular weight excluding hydrogens is 204 g/mol. The quantitative estimate of drug-likeness (QED) is 0.733. The number of nitrogens with zero attached hydrogens (tertiary/aromatic N) is 1. The van der Waals surface area contributed by atoms with Crippen molar-refractivity contribution in [2.24, 2.45) is 0 Å². The Hall–Kier alpha value is -0.740. The van der Waals surface area contributed by atoms with Crippen LogP contribution in [0.25, 0.3) is 0 Å². The monoisotopic (exact) mass is 228 g/mol.